The second kappa shape index (κ2) is 2.06. The van der Waals surface area contributed by atoms with Crippen molar-refractivity contribution in [3.63, 3.8) is 0 Å². The van der Waals surface area contributed by atoms with Crippen LogP contribution in [-0.4, -0.2) is 23.2 Å². The highest BCUT2D eigenvalue weighted by atomic mass is 32.2. The number of hydrogen-bond acceptors (Lipinski definition) is 3. The van der Waals surface area contributed by atoms with Crippen LogP contribution in [-0.2, 0) is 0 Å². The van der Waals surface area contributed by atoms with E-state index in [0.29, 0.717) is 0 Å². The highest BCUT2D eigenvalue weighted by Crippen LogP contribution is 2.23. The van der Waals surface area contributed by atoms with Crippen LogP contribution in [0, 0.1) is 5.75 Å². The molecule has 2 aliphatic heterocycles. The lowest BCUT2D eigenvalue weighted by Crippen LogP contribution is -2.25. The minimum atomic E-state index is 1.03. The monoisotopic (exact) mass is 139 g/mol. The van der Waals surface area contributed by atoms with Gasteiger partial charge in [-0.1, -0.05) is 11.8 Å². The Morgan fingerprint density at radius 3 is 3.44 bits per heavy atom. The Kier molecular flexibility index (Phi) is 1.23. The minimum absolute atomic E-state index is 1.03. The average Bonchev–Trinajstić information content (AvgIpc) is 2.33. The first-order valence-electron chi connectivity index (χ1n) is 2.93. The lowest BCUT2D eigenvalue weighted by molar-refractivity contribution is 0.520. The molecule has 2 aliphatic rings. The molecule has 0 aliphatic carbocycles. The Bertz CT molecular complexity index is 174. The van der Waals surface area contributed by atoms with Gasteiger partial charge >= 0.3 is 0 Å². The fourth-order valence-corrected chi connectivity index (χ4v) is 1.73. The van der Waals surface area contributed by atoms with Gasteiger partial charge in [0.25, 0.3) is 0 Å². The van der Waals surface area contributed by atoms with Gasteiger partial charge in [-0.3, -0.25) is 0 Å². The molecule has 2 heterocycles. The zero-order valence-corrected chi connectivity index (χ0v) is 5.77. The first-order valence-corrected chi connectivity index (χ1v) is 3.81. The van der Waals surface area contributed by atoms with Crippen LogP contribution in [0.3, 0.4) is 0 Å². The van der Waals surface area contributed by atoms with E-state index in [9.17, 15) is 0 Å². The molecule has 2 nitrogen and oxygen atoms in total. The van der Waals surface area contributed by atoms with Crippen LogP contribution in [0.2, 0.25) is 0 Å². The van der Waals surface area contributed by atoms with Gasteiger partial charge < -0.3 is 4.90 Å². The van der Waals surface area contributed by atoms with Crippen molar-refractivity contribution in [2.75, 3.05) is 13.1 Å². The van der Waals surface area contributed by atoms with Gasteiger partial charge in [-0.05, 0) is 6.08 Å². The van der Waals surface area contributed by atoms with Crippen LogP contribution in [0.4, 0.5) is 0 Å². The number of nitrogens with zero attached hydrogens (tertiary/aromatic N) is 2. The van der Waals surface area contributed by atoms with Gasteiger partial charge in [-0.25, -0.2) is 4.99 Å². The summed E-state index contributed by atoms with van der Waals surface area (Å²) in [6, 6.07) is 0. The van der Waals surface area contributed by atoms with Crippen LogP contribution in [0.1, 0.15) is 0 Å². The second-order valence-electron chi connectivity index (χ2n) is 1.99. The Labute approximate surface area is 58.6 Å². The first-order chi connectivity index (χ1) is 4.47. The maximum Gasteiger partial charge on any atom is 0.164 e. The molecule has 3 heteroatoms. The number of fused-ring (bicyclic) bond motifs is 1. The third-order valence-corrected chi connectivity index (χ3v) is 2.26. The van der Waals surface area contributed by atoms with Crippen molar-refractivity contribution in [3.05, 3.63) is 18.0 Å². The van der Waals surface area contributed by atoms with E-state index in [0.717, 1.165) is 18.3 Å². The Hall–Kier alpha value is -0.440. The zero-order valence-electron chi connectivity index (χ0n) is 4.95. The maximum atomic E-state index is 4.19. The molecule has 0 N–H and O–H groups in total. The smallest absolute Gasteiger partial charge is 0.164 e. The predicted octanol–water partition coefficient (Wildman–Crippen LogP) is 1.08. The summed E-state index contributed by atoms with van der Waals surface area (Å²) < 4.78 is 0. The van der Waals surface area contributed by atoms with Gasteiger partial charge in [0, 0.05) is 25.0 Å². The summed E-state index contributed by atoms with van der Waals surface area (Å²) in [4.78, 5) is 6.43. The van der Waals surface area contributed by atoms with Crippen LogP contribution < -0.4 is 0 Å². The molecule has 0 unspecified atom stereocenters. The van der Waals surface area contributed by atoms with Crippen LogP contribution in [0.25, 0.3) is 0 Å². The van der Waals surface area contributed by atoms with Crippen LogP contribution >= 0.6 is 11.8 Å². The van der Waals surface area contributed by atoms with E-state index < -0.39 is 0 Å². The molecule has 0 atom stereocenters. The van der Waals surface area contributed by atoms with Gasteiger partial charge in [0.1, 0.15) is 0 Å². The number of rotatable bonds is 0. The summed E-state index contributed by atoms with van der Waals surface area (Å²) in [6.45, 7) is 2.08. The van der Waals surface area contributed by atoms with Gasteiger partial charge in [0.05, 0.1) is 0 Å². The molecular weight excluding hydrogens is 132 g/mol. The summed E-state index contributed by atoms with van der Waals surface area (Å²) in [7, 11) is 0. The molecule has 47 valence electrons. The molecule has 1 radical (unpaired) electrons. The molecule has 0 spiro atoms. The van der Waals surface area contributed by atoms with E-state index >= 15 is 0 Å². The Morgan fingerprint density at radius 1 is 1.56 bits per heavy atom. The average molecular weight is 139 g/mol. The van der Waals surface area contributed by atoms with E-state index in [4.69, 9.17) is 0 Å². The van der Waals surface area contributed by atoms with Gasteiger partial charge in [0.2, 0.25) is 0 Å². The number of aliphatic imine (C=N–C) groups is 1. The highest BCUT2D eigenvalue weighted by Gasteiger charge is 2.18. The van der Waals surface area contributed by atoms with E-state index in [1.54, 1.807) is 11.8 Å². The van der Waals surface area contributed by atoms with E-state index in [-0.39, 0.29) is 0 Å². The van der Waals surface area contributed by atoms with E-state index in [1.165, 1.54) is 0 Å². The number of amidine groups is 1. The topological polar surface area (TPSA) is 15.6 Å². The van der Waals surface area contributed by atoms with Crippen molar-refractivity contribution in [2.24, 2.45) is 4.99 Å². The first kappa shape index (κ1) is 5.35. The van der Waals surface area contributed by atoms with Gasteiger partial charge in [-0.2, -0.15) is 0 Å². The molecular formula is C6H7N2S. The SMILES string of the molecule is [CH]1CN2CC=CN=C2S1. The van der Waals surface area contributed by atoms with E-state index in [1.807, 2.05) is 6.20 Å². The molecule has 0 amide bonds. The third-order valence-electron chi connectivity index (χ3n) is 1.37. The lowest BCUT2D eigenvalue weighted by Gasteiger charge is -2.16. The van der Waals surface area contributed by atoms with Crippen molar-refractivity contribution < 1.29 is 0 Å². The van der Waals surface area contributed by atoms with Crippen LogP contribution in [0.5, 0.6) is 0 Å². The zero-order chi connectivity index (χ0) is 6.10. The van der Waals surface area contributed by atoms with Crippen molar-refractivity contribution >= 4 is 16.9 Å². The fourth-order valence-electron chi connectivity index (χ4n) is 0.910. The summed E-state index contributed by atoms with van der Waals surface area (Å²) in [6.07, 6.45) is 3.95. The molecule has 0 aromatic heterocycles. The van der Waals surface area contributed by atoms with E-state index in [2.05, 4.69) is 21.7 Å². The second-order valence-corrected chi connectivity index (χ2v) is 2.92. The molecule has 0 saturated carbocycles. The van der Waals surface area contributed by atoms with Crippen LogP contribution in [0.15, 0.2) is 17.3 Å². The third kappa shape index (κ3) is 0.852. The number of hydrogen-bond donors (Lipinski definition) is 0. The molecule has 0 aromatic rings. The predicted molar refractivity (Wildman–Crippen MR) is 40.0 cm³/mol. The number of thioether (sulfide) groups is 1. The summed E-state index contributed by atoms with van der Waals surface area (Å²) in [5.74, 6) is 2.17. The molecule has 1 fully saturated rings. The summed E-state index contributed by atoms with van der Waals surface area (Å²) in [5.41, 5.74) is 0. The van der Waals surface area contributed by atoms with Gasteiger partial charge in [-0.15, -0.1) is 0 Å². The molecule has 2 rings (SSSR count). The summed E-state index contributed by atoms with van der Waals surface area (Å²) in [5, 5.41) is 1.15. The summed E-state index contributed by atoms with van der Waals surface area (Å²) >= 11 is 1.73. The maximum absolute atomic E-state index is 4.19. The molecule has 0 aromatic carbocycles. The lowest BCUT2D eigenvalue weighted by atomic mass is 10.5. The van der Waals surface area contributed by atoms with Crippen molar-refractivity contribution in [3.8, 4) is 0 Å². The highest BCUT2D eigenvalue weighted by molar-refractivity contribution is 8.15. The molecule has 9 heavy (non-hydrogen) atoms. The van der Waals surface area contributed by atoms with Crippen molar-refractivity contribution in [1.29, 1.82) is 0 Å². The Balaban J connectivity index is 2.23. The van der Waals surface area contributed by atoms with Crippen molar-refractivity contribution in [2.45, 2.75) is 0 Å². The standard InChI is InChI=1S/C6H7N2S/c1-2-7-6-8(3-1)4-5-9-6/h1-2,5H,3-4H2. The largest absolute Gasteiger partial charge is 0.346 e. The normalized spacial score (nSPS) is 24.0. The Morgan fingerprint density at radius 2 is 2.56 bits per heavy atom. The van der Waals surface area contributed by atoms with Gasteiger partial charge in [0.15, 0.2) is 5.17 Å². The quantitative estimate of drug-likeness (QED) is 0.499. The van der Waals surface area contributed by atoms with Crippen molar-refractivity contribution in [1.82, 2.24) is 4.90 Å². The molecule has 1 saturated heterocycles. The molecule has 0 bridgehead atoms. The fraction of sp³-hybridized carbons (Fsp3) is 0.333. The minimum Gasteiger partial charge on any atom is -0.346 e.